The van der Waals surface area contributed by atoms with Gasteiger partial charge in [-0.2, -0.15) is 0 Å². The highest BCUT2D eigenvalue weighted by atomic mass is 16.5. The highest BCUT2D eigenvalue weighted by Crippen LogP contribution is 2.27. The highest BCUT2D eigenvalue weighted by Gasteiger charge is 2.16. The van der Waals surface area contributed by atoms with Crippen LogP contribution in [0.4, 0.5) is 11.4 Å². The van der Waals surface area contributed by atoms with Gasteiger partial charge in [0.2, 0.25) is 11.8 Å². The molecule has 0 radical (unpaired) electrons. The van der Waals surface area contributed by atoms with Gasteiger partial charge in [0, 0.05) is 29.6 Å². The molecule has 0 spiro atoms. The summed E-state index contributed by atoms with van der Waals surface area (Å²) >= 11 is 0. The molecule has 0 unspecified atom stereocenters. The van der Waals surface area contributed by atoms with E-state index < -0.39 is 0 Å². The van der Waals surface area contributed by atoms with Crippen molar-refractivity contribution in [2.24, 2.45) is 4.99 Å². The van der Waals surface area contributed by atoms with E-state index in [1.165, 1.54) is 17.7 Å². The first kappa shape index (κ1) is 21.8. The van der Waals surface area contributed by atoms with Crippen LogP contribution < -0.4 is 15.6 Å². The second-order valence-electron chi connectivity index (χ2n) is 7.34. The van der Waals surface area contributed by atoms with E-state index in [0.717, 1.165) is 0 Å². The number of ether oxygens (including phenoxy) is 1. The number of amides is 1. The minimum absolute atomic E-state index is 0.154. The average molecular weight is 441 g/mol. The number of benzene rings is 3. The summed E-state index contributed by atoms with van der Waals surface area (Å²) in [5.41, 5.74) is 1.90. The fraction of sp³-hybridized carbons (Fsp3) is 0.115. The lowest BCUT2D eigenvalue weighted by Crippen LogP contribution is -2.20. The Morgan fingerprint density at radius 3 is 2.33 bits per heavy atom. The van der Waals surface area contributed by atoms with Crippen molar-refractivity contribution in [2.75, 3.05) is 11.9 Å². The van der Waals surface area contributed by atoms with Crippen LogP contribution >= 0.6 is 0 Å². The molecule has 4 aromatic rings. The maximum absolute atomic E-state index is 13.2. The fourth-order valence-corrected chi connectivity index (χ4v) is 3.56. The quantitative estimate of drug-likeness (QED) is 0.420. The molecule has 0 aliphatic rings. The summed E-state index contributed by atoms with van der Waals surface area (Å²) in [6, 6.07) is 21.0. The Labute approximate surface area is 190 Å². The van der Waals surface area contributed by atoms with E-state index in [1.54, 1.807) is 66.7 Å². The minimum atomic E-state index is -0.330. The smallest absolute Gasteiger partial charge is 0.265 e. The Morgan fingerprint density at radius 1 is 1.03 bits per heavy atom. The molecule has 1 aromatic heterocycles. The molecular formula is C26H23N3O4. The van der Waals surface area contributed by atoms with Crippen LogP contribution in [0.3, 0.4) is 0 Å². The zero-order chi connectivity index (χ0) is 23.4. The molecule has 1 amide bonds. The minimum Gasteiger partial charge on any atom is -0.494 e. The largest absolute Gasteiger partial charge is 0.494 e. The van der Waals surface area contributed by atoms with E-state index in [4.69, 9.17) is 4.74 Å². The Hall–Kier alpha value is -4.39. The summed E-state index contributed by atoms with van der Waals surface area (Å²) in [6.45, 7) is 3.87. The molecule has 7 heteroatoms. The molecule has 1 heterocycles. The van der Waals surface area contributed by atoms with Gasteiger partial charge < -0.3 is 15.2 Å². The van der Waals surface area contributed by atoms with Crippen LogP contribution in [-0.2, 0) is 4.79 Å². The predicted octanol–water partition coefficient (Wildman–Crippen LogP) is 4.80. The van der Waals surface area contributed by atoms with Crippen LogP contribution in [0.5, 0.6) is 11.6 Å². The van der Waals surface area contributed by atoms with Crippen molar-refractivity contribution in [3.8, 4) is 17.3 Å². The van der Waals surface area contributed by atoms with E-state index in [-0.39, 0.29) is 17.3 Å². The van der Waals surface area contributed by atoms with Gasteiger partial charge in [-0.15, -0.1) is 0 Å². The van der Waals surface area contributed by atoms with Crippen molar-refractivity contribution in [3.05, 3.63) is 88.7 Å². The zero-order valence-electron chi connectivity index (χ0n) is 18.3. The summed E-state index contributed by atoms with van der Waals surface area (Å²) in [7, 11) is 0. The Morgan fingerprint density at radius 2 is 1.70 bits per heavy atom. The average Bonchev–Trinajstić information content (AvgIpc) is 2.81. The number of aromatic nitrogens is 1. The lowest BCUT2D eigenvalue weighted by Gasteiger charge is -2.14. The fourth-order valence-electron chi connectivity index (χ4n) is 3.56. The second kappa shape index (κ2) is 9.40. The van der Waals surface area contributed by atoms with Gasteiger partial charge >= 0.3 is 0 Å². The van der Waals surface area contributed by atoms with E-state index in [1.807, 2.05) is 13.0 Å². The van der Waals surface area contributed by atoms with Gasteiger partial charge in [-0.1, -0.05) is 18.2 Å². The van der Waals surface area contributed by atoms with Crippen molar-refractivity contribution in [3.63, 3.8) is 0 Å². The van der Waals surface area contributed by atoms with Gasteiger partial charge in [0.25, 0.3) is 5.56 Å². The van der Waals surface area contributed by atoms with E-state index in [9.17, 15) is 14.7 Å². The lowest BCUT2D eigenvalue weighted by atomic mass is 10.1. The number of pyridine rings is 1. The number of nitrogens with zero attached hydrogens (tertiary/aromatic N) is 2. The van der Waals surface area contributed by atoms with Gasteiger partial charge in [0.05, 0.1) is 23.5 Å². The van der Waals surface area contributed by atoms with Crippen molar-refractivity contribution in [1.29, 1.82) is 0 Å². The first-order chi connectivity index (χ1) is 16.0. The Kier molecular flexibility index (Phi) is 6.22. The van der Waals surface area contributed by atoms with Crippen molar-refractivity contribution in [2.45, 2.75) is 13.8 Å². The number of carbonyl (C=O) groups is 1. The molecule has 0 aliphatic heterocycles. The Bertz CT molecular complexity index is 1390. The first-order valence-electron chi connectivity index (χ1n) is 10.5. The van der Waals surface area contributed by atoms with Crippen molar-refractivity contribution in [1.82, 2.24) is 4.57 Å². The normalized spacial score (nSPS) is 11.1. The lowest BCUT2D eigenvalue weighted by molar-refractivity contribution is -0.114. The molecule has 0 fully saturated rings. The van der Waals surface area contributed by atoms with Crippen molar-refractivity contribution < 1.29 is 14.6 Å². The summed E-state index contributed by atoms with van der Waals surface area (Å²) < 4.78 is 6.74. The maximum atomic E-state index is 13.2. The summed E-state index contributed by atoms with van der Waals surface area (Å²) in [4.78, 5) is 28.9. The van der Waals surface area contributed by atoms with Gasteiger partial charge in [-0.25, -0.2) is 4.57 Å². The number of aromatic hydroxyl groups is 1. The molecule has 0 saturated heterocycles. The number of carbonyl (C=O) groups excluding carboxylic acids is 1. The summed E-state index contributed by atoms with van der Waals surface area (Å²) in [5, 5.41) is 14.9. The third-order valence-electron chi connectivity index (χ3n) is 5.04. The molecule has 166 valence electrons. The zero-order valence-corrected chi connectivity index (χ0v) is 18.3. The van der Waals surface area contributed by atoms with Crippen LogP contribution in [0.2, 0.25) is 0 Å². The van der Waals surface area contributed by atoms with Gasteiger partial charge in [0.1, 0.15) is 5.75 Å². The van der Waals surface area contributed by atoms with Gasteiger partial charge in [-0.3, -0.25) is 14.6 Å². The number of hydrogen-bond donors (Lipinski definition) is 2. The number of nitrogens with one attached hydrogen (secondary N) is 1. The molecule has 2 N–H and O–H groups in total. The monoisotopic (exact) mass is 441 g/mol. The van der Waals surface area contributed by atoms with E-state index in [0.29, 0.717) is 45.8 Å². The van der Waals surface area contributed by atoms with Crippen LogP contribution in [0, 0.1) is 0 Å². The molecular weight excluding hydrogens is 418 g/mol. The third-order valence-corrected chi connectivity index (χ3v) is 5.04. The number of aliphatic imine (C=N–C) groups is 1. The second-order valence-corrected chi connectivity index (χ2v) is 7.34. The molecule has 0 aliphatic carbocycles. The molecule has 7 nitrogen and oxygen atoms in total. The van der Waals surface area contributed by atoms with Crippen LogP contribution in [-0.4, -0.2) is 28.4 Å². The van der Waals surface area contributed by atoms with Gasteiger partial charge in [0.15, 0.2) is 0 Å². The topological polar surface area (TPSA) is 92.9 Å². The number of anilines is 1. The molecule has 4 rings (SSSR count). The first-order valence-corrected chi connectivity index (χ1v) is 10.5. The predicted molar refractivity (Wildman–Crippen MR) is 130 cm³/mol. The van der Waals surface area contributed by atoms with Crippen molar-refractivity contribution >= 4 is 34.3 Å². The number of rotatable bonds is 6. The SMILES string of the molecule is CCOc1ccc(-n2c(O)c(C=Nc3ccc(NC(C)=O)cc3)c3ccccc3c2=O)cc1. The van der Waals surface area contributed by atoms with E-state index in [2.05, 4.69) is 10.3 Å². The third kappa shape index (κ3) is 4.62. The summed E-state index contributed by atoms with van der Waals surface area (Å²) in [6.07, 6.45) is 1.54. The summed E-state index contributed by atoms with van der Waals surface area (Å²) in [5.74, 6) is 0.319. The van der Waals surface area contributed by atoms with Crippen LogP contribution in [0.25, 0.3) is 16.5 Å². The molecule has 3 aromatic carbocycles. The molecule has 0 atom stereocenters. The maximum Gasteiger partial charge on any atom is 0.265 e. The molecule has 0 bridgehead atoms. The molecule has 0 saturated carbocycles. The standard InChI is InChI=1S/C26H23N3O4/c1-3-33-21-14-12-20(13-15-21)29-25(31)23-7-5-4-6-22(23)24(26(29)32)16-27-18-8-10-19(11-9-18)28-17(2)30/h4-16,32H,3H2,1-2H3,(H,28,30). The molecule has 33 heavy (non-hydrogen) atoms. The van der Waals surface area contributed by atoms with Crippen LogP contribution in [0.1, 0.15) is 19.4 Å². The highest BCUT2D eigenvalue weighted by molar-refractivity contribution is 6.02. The number of fused-ring (bicyclic) bond motifs is 1. The number of hydrogen-bond acceptors (Lipinski definition) is 5. The van der Waals surface area contributed by atoms with Gasteiger partial charge in [-0.05, 0) is 61.5 Å². The van der Waals surface area contributed by atoms with Crippen LogP contribution in [0.15, 0.2) is 82.6 Å². The van der Waals surface area contributed by atoms with E-state index >= 15 is 0 Å². The Balaban J connectivity index is 1.80.